The third-order valence-electron chi connectivity index (χ3n) is 6.92. The maximum absolute atomic E-state index is 12.8. The van der Waals surface area contributed by atoms with Crippen molar-refractivity contribution in [3.8, 4) is 0 Å². The lowest BCUT2D eigenvalue weighted by molar-refractivity contribution is -0.145. The lowest BCUT2D eigenvalue weighted by Gasteiger charge is -2.58. The van der Waals surface area contributed by atoms with E-state index in [1.54, 1.807) is 6.07 Å². The third-order valence-corrected chi connectivity index (χ3v) is 6.92. The Morgan fingerprint density at radius 1 is 1.04 bits per heavy atom. The van der Waals surface area contributed by atoms with Gasteiger partial charge in [-0.1, -0.05) is 24.3 Å². The van der Waals surface area contributed by atoms with Gasteiger partial charge in [-0.05, 0) is 62.0 Å². The fourth-order valence-electron chi connectivity index (χ4n) is 5.98. The summed E-state index contributed by atoms with van der Waals surface area (Å²) in [6.07, 6.45) is 4.79. The zero-order valence-electron chi connectivity index (χ0n) is 14.7. The number of fused-ring (bicyclic) bond motifs is 1. The van der Waals surface area contributed by atoms with E-state index in [1.165, 1.54) is 0 Å². The summed E-state index contributed by atoms with van der Waals surface area (Å²) in [6, 6.07) is 11.7. The summed E-state index contributed by atoms with van der Waals surface area (Å²) in [6.45, 7) is 0. The first-order valence-corrected chi connectivity index (χ1v) is 9.51. The van der Waals surface area contributed by atoms with Gasteiger partial charge in [-0.2, -0.15) is 0 Å². The maximum atomic E-state index is 12.8. The minimum absolute atomic E-state index is 0.110. The molecule has 0 spiro atoms. The second-order valence-corrected chi connectivity index (χ2v) is 8.50. The molecule has 1 aromatic carbocycles. The number of rotatable bonds is 3. The number of aromatic nitrogens is 1. The highest BCUT2D eigenvalue weighted by atomic mass is 16.2. The Bertz CT molecular complexity index is 893. The standard InChI is InChI=1S/C21H23N3O2/c22-20(26)21-9-12-7-14(10-21)18(15(8-12)11-21)24-19(25)17-6-5-13-3-1-2-4-16(13)23-17/h1-6,12,14-15,18H,7-11H2,(H2,22,26)(H,24,25)/t12?,14?,15?,18-,21-. The first-order chi connectivity index (χ1) is 12.5. The van der Waals surface area contributed by atoms with Crippen LogP contribution in [0, 0.1) is 23.2 Å². The molecule has 4 saturated carbocycles. The van der Waals surface area contributed by atoms with Crippen molar-refractivity contribution in [2.45, 2.75) is 38.1 Å². The normalized spacial score (nSPS) is 34.8. The molecule has 4 aliphatic rings. The van der Waals surface area contributed by atoms with Crippen LogP contribution in [0.3, 0.4) is 0 Å². The van der Waals surface area contributed by atoms with Gasteiger partial charge in [0.25, 0.3) is 5.91 Å². The van der Waals surface area contributed by atoms with E-state index in [-0.39, 0.29) is 23.3 Å². The van der Waals surface area contributed by atoms with Gasteiger partial charge in [0, 0.05) is 16.8 Å². The molecule has 2 unspecified atom stereocenters. The lowest BCUT2D eigenvalue weighted by Crippen LogP contribution is -2.62. The third kappa shape index (κ3) is 2.33. The van der Waals surface area contributed by atoms with Crippen LogP contribution in [-0.2, 0) is 4.79 Å². The quantitative estimate of drug-likeness (QED) is 0.893. The topological polar surface area (TPSA) is 85.1 Å². The summed E-state index contributed by atoms with van der Waals surface area (Å²) in [5.41, 5.74) is 6.72. The molecule has 4 aliphatic carbocycles. The Labute approximate surface area is 152 Å². The zero-order chi connectivity index (χ0) is 17.9. The maximum Gasteiger partial charge on any atom is 0.270 e. The van der Waals surface area contributed by atoms with Crippen molar-refractivity contribution in [3.05, 3.63) is 42.1 Å². The van der Waals surface area contributed by atoms with Gasteiger partial charge in [0.15, 0.2) is 0 Å². The van der Waals surface area contributed by atoms with Gasteiger partial charge < -0.3 is 11.1 Å². The zero-order valence-corrected chi connectivity index (χ0v) is 14.7. The highest BCUT2D eigenvalue weighted by molar-refractivity contribution is 5.95. The van der Waals surface area contributed by atoms with E-state index in [0.29, 0.717) is 23.4 Å². The van der Waals surface area contributed by atoms with E-state index >= 15 is 0 Å². The number of hydrogen-bond donors (Lipinski definition) is 2. The number of para-hydroxylation sites is 1. The number of pyridine rings is 1. The summed E-state index contributed by atoms with van der Waals surface area (Å²) in [4.78, 5) is 29.4. The van der Waals surface area contributed by atoms with Crippen molar-refractivity contribution >= 4 is 22.7 Å². The van der Waals surface area contributed by atoms with E-state index in [1.807, 2.05) is 30.3 Å². The first-order valence-electron chi connectivity index (χ1n) is 9.51. The molecule has 5 nitrogen and oxygen atoms in total. The van der Waals surface area contributed by atoms with Crippen LogP contribution in [0.5, 0.6) is 0 Å². The number of carbonyl (C=O) groups is 2. The minimum atomic E-state index is -0.321. The van der Waals surface area contributed by atoms with Crippen LogP contribution in [0.2, 0.25) is 0 Å². The van der Waals surface area contributed by atoms with Crippen LogP contribution in [0.25, 0.3) is 10.9 Å². The van der Waals surface area contributed by atoms with Gasteiger partial charge in [0.1, 0.15) is 5.69 Å². The Balaban J connectivity index is 1.38. The highest BCUT2D eigenvalue weighted by Gasteiger charge is 2.58. The highest BCUT2D eigenvalue weighted by Crippen LogP contribution is 2.59. The SMILES string of the molecule is NC(=O)[C@]12CC3CC(C1)[C@@H](NC(=O)c1ccc4ccccc4n1)C(C3)C2. The Morgan fingerprint density at radius 3 is 2.50 bits per heavy atom. The fourth-order valence-corrected chi connectivity index (χ4v) is 5.98. The monoisotopic (exact) mass is 349 g/mol. The molecule has 4 bridgehead atoms. The molecule has 0 saturated heterocycles. The minimum Gasteiger partial charge on any atom is -0.369 e. The van der Waals surface area contributed by atoms with Gasteiger partial charge in [0.2, 0.25) is 5.91 Å². The Kier molecular flexibility index (Phi) is 3.36. The van der Waals surface area contributed by atoms with Gasteiger partial charge >= 0.3 is 0 Å². The molecule has 0 radical (unpaired) electrons. The van der Waals surface area contributed by atoms with Crippen LogP contribution >= 0.6 is 0 Å². The van der Waals surface area contributed by atoms with Crippen LogP contribution in [0.4, 0.5) is 0 Å². The smallest absolute Gasteiger partial charge is 0.270 e. The Morgan fingerprint density at radius 2 is 1.77 bits per heavy atom. The van der Waals surface area contributed by atoms with E-state index in [0.717, 1.165) is 43.0 Å². The van der Waals surface area contributed by atoms with Crippen LogP contribution in [0.1, 0.15) is 42.6 Å². The van der Waals surface area contributed by atoms with Crippen molar-refractivity contribution in [1.29, 1.82) is 0 Å². The van der Waals surface area contributed by atoms with Crippen molar-refractivity contribution in [2.24, 2.45) is 28.9 Å². The molecule has 134 valence electrons. The van der Waals surface area contributed by atoms with Crippen LogP contribution in [-0.4, -0.2) is 22.8 Å². The molecule has 5 heteroatoms. The molecule has 1 aromatic heterocycles. The molecule has 2 amide bonds. The largest absolute Gasteiger partial charge is 0.369 e. The molecule has 2 aromatic rings. The first kappa shape index (κ1) is 15.8. The predicted molar refractivity (Wildman–Crippen MR) is 98.2 cm³/mol. The molecule has 26 heavy (non-hydrogen) atoms. The molecular formula is C21H23N3O2. The number of amides is 2. The van der Waals surface area contributed by atoms with E-state index in [2.05, 4.69) is 10.3 Å². The molecule has 2 atom stereocenters. The van der Waals surface area contributed by atoms with Crippen molar-refractivity contribution in [2.75, 3.05) is 0 Å². The molecule has 3 N–H and O–H groups in total. The lowest BCUT2D eigenvalue weighted by atomic mass is 9.47. The molecule has 6 rings (SSSR count). The van der Waals surface area contributed by atoms with E-state index in [9.17, 15) is 9.59 Å². The molecule has 1 heterocycles. The summed E-state index contributed by atoms with van der Waals surface area (Å²) in [7, 11) is 0. The van der Waals surface area contributed by atoms with E-state index < -0.39 is 0 Å². The average molecular weight is 349 g/mol. The second kappa shape index (κ2) is 5.53. The number of benzene rings is 1. The summed E-state index contributed by atoms with van der Waals surface area (Å²) < 4.78 is 0. The number of nitrogens with two attached hydrogens (primary N) is 1. The van der Waals surface area contributed by atoms with Gasteiger partial charge in [0.05, 0.1) is 5.52 Å². The second-order valence-electron chi connectivity index (χ2n) is 8.50. The van der Waals surface area contributed by atoms with Gasteiger partial charge in [-0.15, -0.1) is 0 Å². The van der Waals surface area contributed by atoms with Gasteiger partial charge in [-0.25, -0.2) is 4.98 Å². The molecular weight excluding hydrogens is 326 g/mol. The van der Waals surface area contributed by atoms with Crippen LogP contribution < -0.4 is 11.1 Å². The Hall–Kier alpha value is -2.43. The summed E-state index contributed by atoms with van der Waals surface area (Å²) in [5.74, 6) is 1.06. The number of carbonyl (C=O) groups excluding carboxylic acids is 2. The van der Waals surface area contributed by atoms with Gasteiger partial charge in [-0.3, -0.25) is 9.59 Å². The van der Waals surface area contributed by atoms with Crippen molar-refractivity contribution in [3.63, 3.8) is 0 Å². The van der Waals surface area contributed by atoms with Crippen molar-refractivity contribution < 1.29 is 9.59 Å². The number of nitrogens with zero attached hydrogens (tertiary/aromatic N) is 1. The number of primary amides is 1. The summed E-state index contributed by atoms with van der Waals surface area (Å²) >= 11 is 0. The molecule has 4 fully saturated rings. The fraction of sp³-hybridized carbons (Fsp3) is 0.476. The van der Waals surface area contributed by atoms with E-state index in [4.69, 9.17) is 5.73 Å². The van der Waals surface area contributed by atoms with Crippen molar-refractivity contribution in [1.82, 2.24) is 10.3 Å². The number of nitrogens with one attached hydrogen (secondary N) is 1. The summed E-state index contributed by atoms with van der Waals surface area (Å²) in [5, 5.41) is 4.28. The average Bonchev–Trinajstić information content (AvgIpc) is 2.63. The van der Waals surface area contributed by atoms with Crippen LogP contribution in [0.15, 0.2) is 36.4 Å². The predicted octanol–water partition coefficient (Wildman–Crippen LogP) is 2.64. The molecule has 0 aliphatic heterocycles. The number of hydrogen-bond acceptors (Lipinski definition) is 3.